The number of pyridine rings is 1. The maximum atomic E-state index is 13.6. The van der Waals surface area contributed by atoms with Crippen LogP contribution in [0.3, 0.4) is 0 Å². The van der Waals surface area contributed by atoms with Gasteiger partial charge in [0, 0.05) is 24.1 Å². The Bertz CT molecular complexity index is 1070. The van der Waals surface area contributed by atoms with E-state index in [2.05, 4.69) is 4.98 Å². The molecule has 0 saturated carbocycles. The molecule has 0 amide bonds. The van der Waals surface area contributed by atoms with Gasteiger partial charge < -0.3 is 19.1 Å². The zero-order valence-electron chi connectivity index (χ0n) is 17.5. The third-order valence-corrected chi connectivity index (χ3v) is 6.06. The van der Waals surface area contributed by atoms with Crippen LogP contribution in [0, 0.1) is 5.92 Å². The normalized spacial score (nSPS) is 22.2. The van der Waals surface area contributed by atoms with E-state index in [9.17, 15) is 9.59 Å². The fraction of sp³-hybridized carbons (Fsp3) is 0.409. The number of rotatable bonds is 4. The summed E-state index contributed by atoms with van der Waals surface area (Å²) in [6, 6.07) is 5.07. The second-order valence-corrected chi connectivity index (χ2v) is 8.31. The number of methoxy groups -OCH3 is 2. The number of carbonyl (C=O) groups excluding carboxylic acids is 2. The zero-order chi connectivity index (χ0) is 21.8. The van der Waals surface area contributed by atoms with Gasteiger partial charge in [-0.1, -0.05) is 18.5 Å². The molecular formula is C22H23ClN2O5. The predicted molar refractivity (Wildman–Crippen MR) is 111 cm³/mol. The number of ketones is 2. The largest absolute Gasteiger partial charge is 0.496 e. The highest BCUT2D eigenvalue weighted by Gasteiger charge is 2.61. The molecule has 8 heteroatoms. The average molecular weight is 431 g/mol. The van der Waals surface area contributed by atoms with Crippen LogP contribution in [0.2, 0.25) is 5.02 Å². The molecule has 1 aliphatic carbocycles. The van der Waals surface area contributed by atoms with Crippen molar-refractivity contribution in [3.05, 3.63) is 45.7 Å². The SMILES string of the molecule is COc1cc(OC)c2c(c1Cl)O[C@@]1(C(=O)c3ccc(CN(C)C)nc3C[C@H]1C)C2=O. The molecule has 0 fully saturated rings. The first-order chi connectivity index (χ1) is 14.2. The summed E-state index contributed by atoms with van der Waals surface area (Å²) in [4.78, 5) is 33.9. The van der Waals surface area contributed by atoms with Gasteiger partial charge in [0.15, 0.2) is 5.75 Å². The molecule has 2 heterocycles. The van der Waals surface area contributed by atoms with Gasteiger partial charge in [-0.25, -0.2) is 0 Å². The number of Topliss-reactive ketones (excluding diaryl/α,β-unsaturated/α-hetero) is 2. The van der Waals surface area contributed by atoms with Crippen LogP contribution in [0.1, 0.15) is 39.0 Å². The van der Waals surface area contributed by atoms with E-state index in [0.717, 1.165) is 5.69 Å². The van der Waals surface area contributed by atoms with Crippen LogP contribution in [-0.2, 0) is 13.0 Å². The van der Waals surface area contributed by atoms with E-state index >= 15 is 0 Å². The van der Waals surface area contributed by atoms with Crippen LogP contribution in [0.5, 0.6) is 17.2 Å². The van der Waals surface area contributed by atoms with E-state index in [1.165, 1.54) is 20.3 Å². The summed E-state index contributed by atoms with van der Waals surface area (Å²) >= 11 is 6.43. The van der Waals surface area contributed by atoms with Gasteiger partial charge in [-0.2, -0.15) is 0 Å². The molecule has 2 aromatic rings. The molecule has 0 N–H and O–H groups in total. The van der Waals surface area contributed by atoms with Gasteiger partial charge in [-0.3, -0.25) is 14.6 Å². The molecule has 1 aliphatic heterocycles. The third kappa shape index (κ3) is 2.80. The third-order valence-electron chi connectivity index (χ3n) is 5.70. The van der Waals surface area contributed by atoms with Crippen LogP contribution < -0.4 is 14.2 Å². The second kappa shape index (κ2) is 7.25. The Balaban J connectivity index is 1.83. The fourth-order valence-corrected chi connectivity index (χ4v) is 4.52. The molecule has 30 heavy (non-hydrogen) atoms. The van der Waals surface area contributed by atoms with Gasteiger partial charge in [0.1, 0.15) is 22.1 Å². The molecule has 1 spiro atoms. The summed E-state index contributed by atoms with van der Waals surface area (Å²) in [7, 11) is 6.81. The van der Waals surface area contributed by atoms with Crippen LogP contribution in [0.15, 0.2) is 18.2 Å². The van der Waals surface area contributed by atoms with E-state index in [1.807, 2.05) is 32.0 Å². The quantitative estimate of drug-likeness (QED) is 0.689. The first kappa shape index (κ1) is 20.6. The van der Waals surface area contributed by atoms with Gasteiger partial charge in [0.05, 0.1) is 25.6 Å². The summed E-state index contributed by atoms with van der Waals surface area (Å²) in [5.41, 5.74) is 0.429. The average Bonchev–Trinajstić information content (AvgIpc) is 3.01. The molecule has 0 unspecified atom stereocenters. The number of ether oxygens (including phenoxy) is 3. The number of hydrogen-bond acceptors (Lipinski definition) is 7. The molecule has 2 aliphatic rings. The number of fused-ring (bicyclic) bond motifs is 2. The van der Waals surface area contributed by atoms with Crippen LogP contribution >= 0.6 is 11.6 Å². The summed E-state index contributed by atoms with van der Waals surface area (Å²) < 4.78 is 16.8. The van der Waals surface area contributed by atoms with Crippen molar-refractivity contribution in [2.24, 2.45) is 5.92 Å². The van der Waals surface area contributed by atoms with Gasteiger partial charge >= 0.3 is 0 Å². The minimum absolute atomic E-state index is 0.124. The lowest BCUT2D eigenvalue weighted by molar-refractivity contribution is 0.0256. The number of aromatic nitrogens is 1. The first-order valence-corrected chi connectivity index (χ1v) is 9.99. The van der Waals surface area contributed by atoms with Crippen molar-refractivity contribution in [2.45, 2.75) is 25.5 Å². The van der Waals surface area contributed by atoms with E-state index < -0.39 is 23.1 Å². The highest BCUT2D eigenvalue weighted by Crippen LogP contribution is 2.53. The highest BCUT2D eigenvalue weighted by atomic mass is 35.5. The van der Waals surface area contributed by atoms with Crippen molar-refractivity contribution in [1.29, 1.82) is 0 Å². The monoisotopic (exact) mass is 430 g/mol. The van der Waals surface area contributed by atoms with Crippen molar-refractivity contribution in [2.75, 3.05) is 28.3 Å². The minimum atomic E-state index is -1.69. The lowest BCUT2D eigenvalue weighted by Crippen LogP contribution is -2.56. The maximum absolute atomic E-state index is 13.6. The Morgan fingerprint density at radius 3 is 2.53 bits per heavy atom. The molecule has 158 valence electrons. The molecule has 0 radical (unpaired) electrons. The Kier molecular flexibility index (Phi) is 4.98. The van der Waals surface area contributed by atoms with E-state index in [-0.39, 0.29) is 22.1 Å². The Morgan fingerprint density at radius 2 is 1.90 bits per heavy atom. The fourth-order valence-electron chi connectivity index (χ4n) is 4.25. The molecule has 1 aromatic carbocycles. The Labute approximate surface area is 179 Å². The highest BCUT2D eigenvalue weighted by molar-refractivity contribution is 6.36. The molecule has 0 saturated heterocycles. The molecule has 1 aromatic heterocycles. The number of carbonyl (C=O) groups is 2. The topological polar surface area (TPSA) is 78.0 Å². The van der Waals surface area contributed by atoms with Crippen molar-refractivity contribution >= 4 is 23.2 Å². The van der Waals surface area contributed by atoms with E-state index in [1.54, 1.807) is 6.07 Å². The Morgan fingerprint density at radius 1 is 1.20 bits per heavy atom. The minimum Gasteiger partial charge on any atom is -0.496 e. The molecule has 2 atom stereocenters. The number of nitrogens with zero attached hydrogens (tertiary/aromatic N) is 2. The summed E-state index contributed by atoms with van der Waals surface area (Å²) in [6.07, 6.45) is 0.430. The molecular weight excluding hydrogens is 408 g/mol. The first-order valence-electron chi connectivity index (χ1n) is 9.61. The molecule has 7 nitrogen and oxygen atoms in total. The van der Waals surface area contributed by atoms with E-state index in [0.29, 0.717) is 30.0 Å². The maximum Gasteiger partial charge on any atom is 0.236 e. The molecule has 4 rings (SSSR count). The van der Waals surface area contributed by atoms with Crippen LogP contribution in [0.4, 0.5) is 0 Å². The van der Waals surface area contributed by atoms with Crippen molar-refractivity contribution in [3.63, 3.8) is 0 Å². The smallest absolute Gasteiger partial charge is 0.236 e. The predicted octanol–water partition coefficient (Wildman–Crippen LogP) is 3.20. The lowest BCUT2D eigenvalue weighted by atomic mass is 9.71. The van der Waals surface area contributed by atoms with E-state index in [4.69, 9.17) is 25.8 Å². The van der Waals surface area contributed by atoms with Crippen molar-refractivity contribution < 1.29 is 23.8 Å². The van der Waals surface area contributed by atoms with Crippen LogP contribution in [0.25, 0.3) is 0 Å². The number of benzene rings is 1. The van der Waals surface area contributed by atoms with Gasteiger partial charge in [-0.15, -0.1) is 0 Å². The summed E-state index contributed by atoms with van der Waals surface area (Å²) in [5, 5.41) is 0.142. The van der Waals surface area contributed by atoms with Crippen LogP contribution in [-0.4, -0.2) is 55.4 Å². The van der Waals surface area contributed by atoms with Crippen molar-refractivity contribution in [3.8, 4) is 17.2 Å². The van der Waals surface area contributed by atoms with Gasteiger partial charge in [0.25, 0.3) is 0 Å². The van der Waals surface area contributed by atoms with Crippen molar-refractivity contribution in [1.82, 2.24) is 9.88 Å². The second-order valence-electron chi connectivity index (χ2n) is 7.93. The standard InChI is InChI=1S/C22H23ClN2O5/c1-11-8-14-13(7-6-12(24-14)10-25(2)3)20(26)22(11)21(27)17-15(28-4)9-16(29-5)18(23)19(17)30-22/h6-7,9,11H,8,10H2,1-5H3/t11-,22+/m1/s1. The van der Waals surface area contributed by atoms with Gasteiger partial charge in [0.2, 0.25) is 17.2 Å². The zero-order valence-corrected chi connectivity index (χ0v) is 18.3. The summed E-state index contributed by atoms with van der Waals surface area (Å²) in [6.45, 7) is 2.48. The Hall–Kier alpha value is -2.64. The molecule has 0 bridgehead atoms. The summed E-state index contributed by atoms with van der Waals surface area (Å²) in [5.74, 6) is -0.593. The number of hydrogen-bond donors (Lipinski definition) is 0. The number of halogens is 1. The lowest BCUT2D eigenvalue weighted by Gasteiger charge is -2.36. The van der Waals surface area contributed by atoms with Gasteiger partial charge in [-0.05, 0) is 32.6 Å².